The van der Waals surface area contributed by atoms with Gasteiger partial charge in [-0.1, -0.05) is 5.16 Å². The fourth-order valence-electron chi connectivity index (χ4n) is 2.11. The monoisotopic (exact) mass is 375 g/mol. The third kappa shape index (κ3) is 5.30. The predicted octanol–water partition coefficient (Wildman–Crippen LogP) is 1.87. The van der Waals surface area contributed by atoms with Gasteiger partial charge < -0.3 is 19.3 Å². The van der Waals surface area contributed by atoms with Crippen LogP contribution >= 0.6 is 0 Å². The number of nitrogens with one attached hydrogen (secondary N) is 2. The molecule has 0 unspecified atom stereocenters. The number of aryl methyl sites for hydroxylation is 2. The molecule has 2 rings (SSSR count). The van der Waals surface area contributed by atoms with E-state index in [1.54, 1.807) is 19.1 Å². The summed E-state index contributed by atoms with van der Waals surface area (Å²) in [6.45, 7) is 5.30. The van der Waals surface area contributed by atoms with E-state index in [0.29, 0.717) is 18.1 Å². The minimum atomic E-state index is -1.12. The van der Waals surface area contributed by atoms with E-state index in [-0.39, 0.29) is 5.56 Å². The molecule has 0 saturated carbocycles. The molecule has 0 bridgehead atoms. The number of nitrogens with zero attached hydrogens (tertiary/aromatic N) is 1. The molecule has 0 radical (unpaired) electrons. The molecule has 27 heavy (non-hydrogen) atoms. The second-order valence-corrected chi connectivity index (χ2v) is 5.73. The zero-order valence-corrected chi connectivity index (χ0v) is 15.5. The van der Waals surface area contributed by atoms with Gasteiger partial charge in [-0.2, -0.15) is 0 Å². The third-order valence-electron chi connectivity index (χ3n) is 3.77. The predicted molar refractivity (Wildman–Crippen MR) is 94.2 cm³/mol. The van der Waals surface area contributed by atoms with Crippen molar-refractivity contribution in [1.82, 2.24) is 15.8 Å². The van der Waals surface area contributed by atoms with Gasteiger partial charge in [0.1, 0.15) is 18.1 Å². The molecular weight excluding hydrogens is 354 g/mol. The van der Waals surface area contributed by atoms with E-state index < -0.39 is 24.0 Å². The third-order valence-corrected chi connectivity index (χ3v) is 3.77. The van der Waals surface area contributed by atoms with Gasteiger partial charge in [0, 0.05) is 7.05 Å². The highest BCUT2D eigenvalue weighted by atomic mass is 16.5. The van der Waals surface area contributed by atoms with E-state index in [2.05, 4.69) is 10.5 Å². The first-order valence-corrected chi connectivity index (χ1v) is 8.20. The van der Waals surface area contributed by atoms with Gasteiger partial charge in [0.2, 0.25) is 0 Å². The first-order valence-electron chi connectivity index (χ1n) is 8.20. The number of ether oxygens (including phenoxy) is 2. The maximum atomic E-state index is 12.1. The van der Waals surface area contributed by atoms with Crippen LogP contribution in [0.5, 0.6) is 5.75 Å². The molecule has 0 aliphatic carbocycles. The average Bonchev–Trinajstić information content (AvgIpc) is 2.97. The van der Waals surface area contributed by atoms with E-state index in [1.165, 1.54) is 26.1 Å². The molecule has 1 atom stereocenters. The number of hydrogen-bond donors (Lipinski definition) is 2. The Bertz CT molecular complexity index is 809. The molecule has 0 spiro atoms. The first-order chi connectivity index (χ1) is 12.8. The van der Waals surface area contributed by atoms with E-state index >= 15 is 0 Å². The second kappa shape index (κ2) is 8.84. The van der Waals surface area contributed by atoms with Crippen LogP contribution in [0.1, 0.15) is 34.3 Å². The maximum absolute atomic E-state index is 12.1. The Labute approximate surface area is 156 Å². The maximum Gasteiger partial charge on any atom is 0.338 e. The fourth-order valence-corrected chi connectivity index (χ4v) is 2.11. The number of aromatic nitrogens is 1. The summed E-state index contributed by atoms with van der Waals surface area (Å²) < 4.78 is 15.8. The van der Waals surface area contributed by atoms with Crippen molar-refractivity contribution in [3.8, 4) is 5.75 Å². The molecule has 0 aliphatic heterocycles. The molecule has 3 amide bonds. The standard InChI is InChI=1S/C18H21N3O6/c1-10-15(11(2)27-21-10)9-25-14-7-5-13(6-8-14)17(23)26-12(3)16(22)20-18(24)19-4/h5-8,12H,9H2,1-4H3,(H2,19,20,22,24)/t12-/m1/s1. The van der Waals surface area contributed by atoms with E-state index in [9.17, 15) is 14.4 Å². The summed E-state index contributed by atoms with van der Waals surface area (Å²) in [4.78, 5) is 34.9. The van der Waals surface area contributed by atoms with Gasteiger partial charge in [-0.3, -0.25) is 10.1 Å². The Balaban J connectivity index is 1.91. The molecule has 0 fully saturated rings. The van der Waals surface area contributed by atoms with Gasteiger partial charge in [0.05, 0.1) is 16.8 Å². The molecule has 1 heterocycles. The Morgan fingerprint density at radius 2 is 1.85 bits per heavy atom. The minimum absolute atomic E-state index is 0.249. The second-order valence-electron chi connectivity index (χ2n) is 5.73. The summed E-state index contributed by atoms with van der Waals surface area (Å²) >= 11 is 0. The summed E-state index contributed by atoms with van der Waals surface area (Å²) in [6.07, 6.45) is -1.12. The molecule has 1 aromatic heterocycles. The van der Waals surface area contributed by atoms with Gasteiger partial charge in [-0.05, 0) is 45.0 Å². The van der Waals surface area contributed by atoms with Crippen molar-refractivity contribution in [2.45, 2.75) is 33.5 Å². The van der Waals surface area contributed by atoms with Crippen LogP contribution in [-0.4, -0.2) is 36.2 Å². The molecule has 2 N–H and O–H groups in total. The van der Waals surface area contributed by atoms with Gasteiger partial charge in [-0.25, -0.2) is 9.59 Å². The molecule has 0 aliphatic rings. The van der Waals surface area contributed by atoms with Gasteiger partial charge in [-0.15, -0.1) is 0 Å². The summed E-state index contributed by atoms with van der Waals surface area (Å²) in [6, 6.07) is 5.60. The molecule has 9 heteroatoms. The number of amides is 3. The molecule has 2 aromatic rings. The lowest BCUT2D eigenvalue weighted by Gasteiger charge is -2.13. The van der Waals surface area contributed by atoms with E-state index in [1.807, 2.05) is 12.2 Å². The molecule has 9 nitrogen and oxygen atoms in total. The number of benzene rings is 1. The van der Waals surface area contributed by atoms with Crippen LogP contribution in [0, 0.1) is 13.8 Å². The molecule has 0 saturated heterocycles. The number of hydrogen-bond acceptors (Lipinski definition) is 7. The minimum Gasteiger partial charge on any atom is -0.489 e. The Kier molecular flexibility index (Phi) is 6.53. The lowest BCUT2D eigenvalue weighted by Crippen LogP contribution is -2.43. The fraction of sp³-hybridized carbons (Fsp3) is 0.333. The Morgan fingerprint density at radius 1 is 1.19 bits per heavy atom. The van der Waals surface area contributed by atoms with Crippen LogP contribution in [0.15, 0.2) is 28.8 Å². The number of esters is 1. The van der Waals surface area contributed by atoms with E-state index in [4.69, 9.17) is 14.0 Å². The van der Waals surface area contributed by atoms with Crippen molar-refractivity contribution in [2.24, 2.45) is 0 Å². The normalized spacial score (nSPS) is 11.4. The van der Waals surface area contributed by atoms with Crippen molar-refractivity contribution < 1.29 is 28.4 Å². The van der Waals surface area contributed by atoms with Crippen LogP contribution in [0.4, 0.5) is 4.79 Å². The number of carbonyl (C=O) groups is 3. The summed E-state index contributed by atoms with van der Waals surface area (Å²) in [5.41, 5.74) is 1.88. The number of rotatable bonds is 6. The van der Waals surface area contributed by atoms with Gasteiger partial charge in [0.25, 0.3) is 5.91 Å². The highest BCUT2D eigenvalue weighted by Gasteiger charge is 2.20. The number of carbonyl (C=O) groups excluding carboxylic acids is 3. The van der Waals surface area contributed by atoms with Gasteiger partial charge in [0.15, 0.2) is 6.10 Å². The molecule has 1 aromatic carbocycles. The number of imide groups is 1. The topological polar surface area (TPSA) is 120 Å². The van der Waals surface area contributed by atoms with Crippen molar-refractivity contribution in [3.63, 3.8) is 0 Å². The van der Waals surface area contributed by atoms with Crippen LogP contribution in [0.2, 0.25) is 0 Å². The van der Waals surface area contributed by atoms with E-state index in [0.717, 1.165) is 11.3 Å². The molecule has 144 valence electrons. The van der Waals surface area contributed by atoms with Crippen LogP contribution in [-0.2, 0) is 16.1 Å². The van der Waals surface area contributed by atoms with Crippen molar-refractivity contribution in [3.05, 3.63) is 46.8 Å². The van der Waals surface area contributed by atoms with Crippen molar-refractivity contribution in [1.29, 1.82) is 0 Å². The largest absolute Gasteiger partial charge is 0.489 e. The lowest BCUT2D eigenvalue weighted by molar-refractivity contribution is -0.127. The smallest absolute Gasteiger partial charge is 0.338 e. The van der Waals surface area contributed by atoms with Crippen molar-refractivity contribution in [2.75, 3.05) is 7.05 Å². The SMILES string of the molecule is CNC(=O)NC(=O)[C@@H](C)OC(=O)c1ccc(OCc2c(C)noc2C)cc1. The number of urea groups is 1. The van der Waals surface area contributed by atoms with Gasteiger partial charge >= 0.3 is 12.0 Å². The Morgan fingerprint density at radius 3 is 2.41 bits per heavy atom. The summed E-state index contributed by atoms with van der Waals surface area (Å²) in [7, 11) is 1.37. The van der Waals surface area contributed by atoms with Crippen LogP contribution < -0.4 is 15.4 Å². The first kappa shape index (κ1) is 20.0. The molecular formula is C18H21N3O6. The zero-order chi connectivity index (χ0) is 20.0. The average molecular weight is 375 g/mol. The summed E-state index contributed by atoms with van der Waals surface area (Å²) in [5.74, 6) is -0.164. The summed E-state index contributed by atoms with van der Waals surface area (Å²) in [5, 5.41) is 8.13. The van der Waals surface area contributed by atoms with Crippen LogP contribution in [0.3, 0.4) is 0 Å². The highest BCUT2D eigenvalue weighted by Crippen LogP contribution is 2.18. The van der Waals surface area contributed by atoms with Crippen LogP contribution in [0.25, 0.3) is 0 Å². The lowest BCUT2D eigenvalue weighted by atomic mass is 10.2. The Hall–Kier alpha value is -3.36. The van der Waals surface area contributed by atoms with Crippen molar-refractivity contribution >= 4 is 17.9 Å². The zero-order valence-electron chi connectivity index (χ0n) is 15.5. The highest BCUT2D eigenvalue weighted by molar-refractivity contribution is 5.98. The quantitative estimate of drug-likeness (QED) is 0.740.